The molecule has 2 aliphatic carbocycles. The summed E-state index contributed by atoms with van der Waals surface area (Å²) in [5.74, 6) is -2.59. The third-order valence-electron chi connectivity index (χ3n) is 6.88. The Morgan fingerprint density at radius 1 is 1.20 bits per heavy atom. The highest BCUT2D eigenvalue weighted by Gasteiger charge is 2.68. The van der Waals surface area contributed by atoms with Crippen molar-refractivity contribution in [3.05, 3.63) is 80.3 Å². The van der Waals surface area contributed by atoms with Crippen molar-refractivity contribution in [3.63, 3.8) is 0 Å². The minimum atomic E-state index is -4.98. The second-order valence-corrected chi connectivity index (χ2v) is 11.3. The largest absolute Gasteiger partial charge is 0.435 e. The number of rotatable bonds is 6. The Morgan fingerprint density at radius 2 is 1.88 bits per heavy atom. The summed E-state index contributed by atoms with van der Waals surface area (Å²) in [5, 5.41) is 5.96. The molecule has 2 heterocycles. The van der Waals surface area contributed by atoms with E-state index < -0.39 is 71.0 Å². The minimum Gasteiger partial charge on any atom is -0.346 e. The summed E-state index contributed by atoms with van der Waals surface area (Å²) in [6.45, 7) is 2.81. The van der Waals surface area contributed by atoms with E-state index in [0.717, 1.165) is 12.1 Å². The van der Waals surface area contributed by atoms with Gasteiger partial charge in [0.15, 0.2) is 5.69 Å². The summed E-state index contributed by atoms with van der Waals surface area (Å²) in [5.41, 5.74) is -2.20. The standard InChI is InChI=1S/C28H22BrF7N4O/c1-13(2)3-4-17-5-6-20(29)24(37-17)21(9-14-7-15(30)10-16(31)8-14)38-22(41)12-40-26-23(25(39-40)28(34,35)36)18-11-19(18)27(26,32)33/h5-8,10,13,18-19,21H,9,11-12H2,1-2H3,(H,38,41)/t18-,19+,21?/m0/s1. The van der Waals surface area contributed by atoms with E-state index in [4.69, 9.17) is 0 Å². The summed E-state index contributed by atoms with van der Waals surface area (Å²) < 4.78 is 99.6. The predicted molar refractivity (Wildman–Crippen MR) is 137 cm³/mol. The van der Waals surface area contributed by atoms with Gasteiger partial charge in [0, 0.05) is 27.9 Å². The van der Waals surface area contributed by atoms with Gasteiger partial charge in [-0.05, 0) is 70.4 Å². The molecule has 3 atom stereocenters. The van der Waals surface area contributed by atoms with Gasteiger partial charge in [-0.2, -0.15) is 27.1 Å². The molecular formula is C28H22BrF7N4O. The van der Waals surface area contributed by atoms with Crippen molar-refractivity contribution in [2.24, 2.45) is 11.8 Å². The van der Waals surface area contributed by atoms with Gasteiger partial charge in [0.05, 0.1) is 11.7 Å². The Kier molecular flexibility index (Phi) is 7.42. The van der Waals surface area contributed by atoms with E-state index in [9.17, 15) is 35.5 Å². The molecule has 1 saturated carbocycles. The number of hydrogen-bond donors (Lipinski definition) is 1. The molecule has 3 aromatic rings. The van der Waals surface area contributed by atoms with Gasteiger partial charge >= 0.3 is 6.18 Å². The van der Waals surface area contributed by atoms with Gasteiger partial charge < -0.3 is 5.32 Å². The number of nitrogens with zero attached hydrogens (tertiary/aromatic N) is 3. The third-order valence-corrected chi connectivity index (χ3v) is 7.55. The maximum atomic E-state index is 14.9. The summed E-state index contributed by atoms with van der Waals surface area (Å²) >= 11 is 3.35. The molecule has 0 spiro atoms. The first-order valence-electron chi connectivity index (χ1n) is 12.6. The Balaban J connectivity index is 1.49. The van der Waals surface area contributed by atoms with Gasteiger partial charge in [-0.3, -0.25) is 9.48 Å². The van der Waals surface area contributed by atoms with Crippen LogP contribution in [0.5, 0.6) is 0 Å². The first-order valence-corrected chi connectivity index (χ1v) is 13.4. The highest BCUT2D eigenvalue weighted by molar-refractivity contribution is 9.10. The number of fused-ring (bicyclic) bond motifs is 3. The number of benzene rings is 1. The smallest absolute Gasteiger partial charge is 0.346 e. The van der Waals surface area contributed by atoms with E-state index in [1.807, 2.05) is 13.8 Å². The quantitative estimate of drug-likeness (QED) is 0.242. The number of amides is 1. The van der Waals surface area contributed by atoms with Gasteiger partial charge in [-0.1, -0.05) is 19.8 Å². The molecule has 0 bridgehead atoms. The number of carbonyl (C=O) groups is 1. The van der Waals surface area contributed by atoms with E-state index in [1.165, 1.54) is 0 Å². The highest BCUT2D eigenvalue weighted by Crippen LogP contribution is 2.68. The summed E-state index contributed by atoms with van der Waals surface area (Å²) in [4.78, 5) is 17.6. The van der Waals surface area contributed by atoms with Gasteiger partial charge in [-0.15, -0.1) is 0 Å². The van der Waals surface area contributed by atoms with Gasteiger partial charge in [0.2, 0.25) is 5.91 Å². The lowest BCUT2D eigenvalue weighted by Gasteiger charge is -2.21. The van der Waals surface area contributed by atoms with Crippen LogP contribution in [0.25, 0.3) is 0 Å². The number of nitrogens with one attached hydrogen (secondary N) is 1. The van der Waals surface area contributed by atoms with Crippen molar-refractivity contribution in [1.82, 2.24) is 20.1 Å². The van der Waals surface area contributed by atoms with Crippen molar-refractivity contribution in [1.29, 1.82) is 0 Å². The highest BCUT2D eigenvalue weighted by atomic mass is 79.9. The van der Waals surface area contributed by atoms with Crippen molar-refractivity contribution in [2.45, 2.75) is 57.3 Å². The second kappa shape index (κ2) is 10.5. The fourth-order valence-electron chi connectivity index (χ4n) is 5.14. The maximum Gasteiger partial charge on any atom is 0.435 e. The Labute approximate surface area is 238 Å². The molecular weight excluding hydrogens is 621 g/mol. The van der Waals surface area contributed by atoms with Crippen LogP contribution in [-0.2, 0) is 29.9 Å². The fourth-order valence-corrected chi connectivity index (χ4v) is 5.64. The van der Waals surface area contributed by atoms with Crippen LogP contribution >= 0.6 is 15.9 Å². The zero-order valence-corrected chi connectivity index (χ0v) is 23.2. The number of hydrogen-bond acceptors (Lipinski definition) is 3. The fraction of sp³-hybridized carbons (Fsp3) is 0.393. The lowest BCUT2D eigenvalue weighted by Crippen LogP contribution is -2.35. The van der Waals surface area contributed by atoms with Crippen LogP contribution in [0.1, 0.15) is 66.1 Å². The lowest BCUT2D eigenvalue weighted by molar-refractivity contribution is -0.142. The molecule has 1 fully saturated rings. The van der Waals surface area contributed by atoms with Gasteiger partial charge in [-0.25, -0.2) is 13.8 Å². The van der Waals surface area contributed by atoms with Crippen LogP contribution in [0.15, 0.2) is 34.8 Å². The Morgan fingerprint density at radius 3 is 2.51 bits per heavy atom. The average Bonchev–Trinajstić information content (AvgIpc) is 3.50. The SMILES string of the molecule is CC(C)C#Cc1ccc(Br)c(C(Cc2cc(F)cc(F)c2)NC(=O)Cn2nc(C(F)(F)F)c3c2C(F)(F)[C@@H]2C[C@H]32)n1. The van der Waals surface area contributed by atoms with Crippen molar-refractivity contribution >= 4 is 21.8 Å². The van der Waals surface area contributed by atoms with Crippen LogP contribution in [0, 0.1) is 35.3 Å². The number of carbonyl (C=O) groups excluding carboxylic acids is 1. The molecule has 1 unspecified atom stereocenters. The van der Waals surface area contributed by atoms with Crippen LogP contribution in [-0.4, -0.2) is 20.7 Å². The number of alkyl halides is 5. The molecule has 0 saturated heterocycles. The van der Waals surface area contributed by atoms with Crippen molar-refractivity contribution in [2.75, 3.05) is 0 Å². The normalized spacial score (nSPS) is 19.3. The van der Waals surface area contributed by atoms with Crippen molar-refractivity contribution in [3.8, 4) is 11.8 Å². The molecule has 216 valence electrons. The number of halogens is 8. The van der Waals surface area contributed by atoms with Crippen LogP contribution < -0.4 is 5.32 Å². The second-order valence-electron chi connectivity index (χ2n) is 10.4. The molecule has 1 amide bonds. The zero-order valence-electron chi connectivity index (χ0n) is 21.6. The molecule has 0 radical (unpaired) electrons. The van der Waals surface area contributed by atoms with Crippen LogP contribution in [0.2, 0.25) is 0 Å². The Bertz CT molecular complexity index is 1570. The number of aromatic nitrogens is 3. The molecule has 5 nitrogen and oxygen atoms in total. The molecule has 2 aromatic heterocycles. The number of pyridine rings is 1. The first-order chi connectivity index (χ1) is 19.1. The van der Waals surface area contributed by atoms with Gasteiger partial charge in [0.25, 0.3) is 5.92 Å². The summed E-state index contributed by atoms with van der Waals surface area (Å²) in [6.07, 6.45) is -5.24. The minimum absolute atomic E-state index is 0.0243. The van der Waals surface area contributed by atoms with E-state index in [0.29, 0.717) is 20.9 Å². The molecule has 5 rings (SSSR count). The molecule has 41 heavy (non-hydrogen) atoms. The topological polar surface area (TPSA) is 59.8 Å². The van der Waals surface area contributed by atoms with Gasteiger partial charge in [0.1, 0.15) is 29.6 Å². The van der Waals surface area contributed by atoms with Crippen molar-refractivity contribution < 1.29 is 35.5 Å². The third kappa shape index (κ3) is 5.84. The molecule has 13 heteroatoms. The van der Waals surface area contributed by atoms with Crippen LogP contribution in [0.4, 0.5) is 30.7 Å². The monoisotopic (exact) mass is 642 g/mol. The van der Waals surface area contributed by atoms with E-state index >= 15 is 0 Å². The average molecular weight is 643 g/mol. The summed E-state index contributed by atoms with van der Waals surface area (Å²) in [6, 6.07) is 4.94. The Hall–Kier alpha value is -3.40. The zero-order chi connectivity index (χ0) is 29.9. The molecule has 0 aliphatic heterocycles. The van der Waals surface area contributed by atoms with E-state index in [1.54, 1.807) is 12.1 Å². The molecule has 1 aromatic carbocycles. The lowest BCUT2D eigenvalue weighted by atomic mass is 10.0. The first kappa shape index (κ1) is 29.1. The molecule has 1 N–H and O–H groups in total. The maximum absolute atomic E-state index is 14.9. The summed E-state index contributed by atoms with van der Waals surface area (Å²) in [7, 11) is 0. The molecule has 2 aliphatic rings. The van der Waals surface area contributed by atoms with E-state index in [-0.39, 0.29) is 30.0 Å². The van der Waals surface area contributed by atoms with Crippen LogP contribution in [0.3, 0.4) is 0 Å². The predicted octanol–water partition coefficient (Wildman–Crippen LogP) is 6.65. The van der Waals surface area contributed by atoms with E-state index in [2.05, 4.69) is 43.2 Å².